The molecule has 1 aromatic carbocycles. The van der Waals surface area contributed by atoms with Gasteiger partial charge in [0, 0.05) is 6.54 Å². The van der Waals surface area contributed by atoms with Gasteiger partial charge in [-0.05, 0) is 18.6 Å². The SMILES string of the molecule is Cc1nc2cccc(C(CN)C(=O)O)c2s1. The summed E-state index contributed by atoms with van der Waals surface area (Å²) in [5.41, 5.74) is 7.12. The number of aliphatic carboxylic acids is 1. The predicted octanol–water partition coefficient (Wildman–Crippen LogP) is 1.73. The van der Waals surface area contributed by atoms with Crippen molar-refractivity contribution in [1.29, 1.82) is 0 Å². The fraction of sp³-hybridized carbons (Fsp3) is 0.273. The van der Waals surface area contributed by atoms with Gasteiger partial charge in [-0.2, -0.15) is 0 Å². The van der Waals surface area contributed by atoms with E-state index >= 15 is 0 Å². The van der Waals surface area contributed by atoms with Crippen LogP contribution in [0.4, 0.5) is 0 Å². The van der Waals surface area contributed by atoms with Gasteiger partial charge in [0.15, 0.2) is 0 Å². The van der Waals surface area contributed by atoms with Gasteiger partial charge >= 0.3 is 5.97 Å². The monoisotopic (exact) mass is 236 g/mol. The van der Waals surface area contributed by atoms with Crippen LogP contribution in [0, 0.1) is 6.92 Å². The third-order valence-corrected chi connectivity index (χ3v) is 3.50. The van der Waals surface area contributed by atoms with Crippen LogP contribution in [-0.2, 0) is 4.79 Å². The van der Waals surface area contributed by atoms with E-state index in [0.29, 0.717) is 0 Å². The molecule has 1 heterocycles. The zero-order valence-electron chi connectivity index (χ0n) is 8.80. The third-order valence-electron chi connectivity index (χ3n) is 2.46. The summed E-state index contributed by atoms with van der Waals surface area (Å²) in [6, 6.07) is 5.52. The van der Waals surface area contributed by atoms with Crippen molar-refractivity contribution in [3.05, 3.63) is 28.8 Å². The summed E-state index contributed by atoms with van der Waals surface area (Å²) in [6.45, 7) is 2.01. The van der Waals surface area contributed by atoms with E-state index in [1.165, 1.54) is 11.3 Å². The number of carboxylic acids is 1. The Morgan fingerprint density at radius 2 is 2.38 bits per heavy atom. The number of benzene rings is 1. The molecule has 4 nitrogen and oxygen atoms in total. The van der Waals surface area contributed by atoms with Crippen molar-refractivity contribution in [1.82, 2.24) is 4.98 Å². The van der Waals surface area contributed by atoms with Crippen molar-refractivity contribution in [2.45, 2.75) is 12.8 Å². The van der Waals surface area contributed by atoms with Gasteiger partial charge in [-0.3, -0.25) is 4.79 Å². The number of aryl methyl sites for hydroxylation is 1. The highest BCUT2D eigenvalue weighted by Gasteiger charge is 2.21. The molecule has 84 valence electrons. The molecule has 5 heteroatoms. The first-order valence-electron chi connectivity index (χ1n) is 4.92. The van der Waals surface area contributed by atoms with Gasteiger partial charge in [-0.1, -0.05) is 12.1 Å². The Kier molecular flexibility index (Phi) is 2.89. The molecule has 0 aliphatic heterocycles. The lowest BCUT2D eigenvalue weighted by Crippen LogP contribution is -2.21. The number of nitrogens with zero attached hydrogens (tertiary/aromatic N) is 1. The molecule has 0 aliphatic carbocycles. The van der Waals surface area contributed by atoms with E-state index in [1.54, 1.807) is 0 Å². The molecule has 2 rings (SSSR count). The van der Waals surface area contributed by atoms with Crippen LogP contribution in [0.25, 0.3) is 10.2 Å². The first-order chi connectivity index (χ1) is 7.63. The van der Waals surface area contributed by atoms with Gasteiger partial charge in [0.2, 0.25) is 0 Å². The number of fused-ring (bicyclic) bond motifs is 1. The molecule has 3 N–H and O–H groups in total. The standard InChI is InChI=1S/C11H12N2O2S/c1-6-13-9-4-2-3-7(10(9)16-6)8(5-12)11(14)15/h2-4,8H,5,12H2,1H3,(H,14,15). The topological polar surface area (TPSA) is 76.2 Å². The average Bonchev–Trinajstić information content (AvgIpc) is 2.59. The zero-order chi connectivity index (χ0) is 11.7. The Morgan fingerprint density at radius 1 is 1.62 bits per heavy atom. The molecule has 0 bridgehead atoms. The molecule has 1 unspecified atom stereocenters. The largest absolute Gasteiger partial charge is 0.481 e. The summed E-state index contributed by atoms with van der Waals surface area (Å²) in [4.78, 5) is 15.4. The summed E-state index contributed by atoms with van der Waals surface area (Å²) in [7, 11) is 0. The molecule has 0 saturated heterocycles. The van der Waals surface area contributed by atoms with E-state index in [2.05, 4.69) is 4.98 Å². The van der Waals surface area contributed by atoms with E-state index in [1.807, 2.05) is 25.1 Å². The van der Waals surface area contributed by atoms with Crippen LogP contribution in [0.3, 0.4) is 0 Å². The highest BCUT2D eigenvalue weighted by molar-refractivity contribution is 7.18. The van der Waals surface area contributed by atoms with Crippen LogP contribution >= 0.6 is 11.3 Å². The molecule has 16 heavy (non-hydrogen) atoms. The second kappa shape index (κ2) is 4.19. The molecular formula is C11H12N2O2S. The summed E-state index contributed by atoms with van der Waals surface area (Å²) < 4.78 is 0.929. The number of carboxylic acid groups (broad SMARTS) is 1. The van der Waals surface area contributed by atoms with Gasteiger partial charge in [0.1, 0.15) is 0 Å². The Bertz CT molecular complexity index is 536. The van der Waals surface area contributed by atoms with Crippen LogP contribution in [0.1, 0.15) is 16.5 Å². The Hall–Kier alpha value is -1.46. The molecule has 2 aromatic rings. The summed E-state index contributed by atoms with van der Waals surface area (Å²) >= 11 is 1.51. The normalized spacial score (nSPS) is 12.9. The van der Waals surface area contributed by atoms with E-state index in [0.717, 1.165) is 20.8 Å². The number of thiazole rings is 1. The second-order valence-electron chi connectivity index (χ2n) is 3.55. The van der Waals surface area contributed by atoms with Crippen molar-refractivity contribution in [2.75, 3.05) is 6.54 Å². The molecule has 1 aromatic heterocycles. The minimum Gasteiger partial charge on any atom is -0.481 e. The first-order valence-corrected chi connectivity index (χ1v) is 5.74. The lowest BCUT2D eigenvalue weighted by Gasteiger charge is -2.10. The molecule has 0 amide bonds. The van der Waals surface area contributed by atoms with Crippen LogP contribution in [0.2, 0.25) is 0 Å². The van der Waals surface area contributed by atoms with Crippen molar-refractivity contribution in [3.8, 4) is 0 Å². The lowest BCUT2D eigenvalue weighted by atomic mass is 9.99. The smallest absolute Gasteiger partial charge is 0.312 e. The first kappa shape index (κ1) is 11.0. The Balaban J connectivity index is 2.62. The van der Waals surface area contributed by atoms with Gasteiger partial charge in [-0.25, -0.2) is 4.98 Å². The maximum absolute atomic E-state index is 11.1. The fourth-order valence-electron chi connectivity index (χ4n) is 1.72. The number of hydrogen-bond donors (Lipinski definition) is 2. The van der Waals surface area contributed by atoms with Crippen LogP contribution in [0.5, 0.6) is 0 Å². The summed E-state index contributed by atoms with van der Waals surface area (Å²) in [5.74, 6) is -1.54. The second-order valence-corrected chi connectivity index (χ2v) is 4.76. The van der Waals surface area contributed by atoms with Gasteiger partial charge in [-0.15, -0.1) is 11.3 Å². The third kappa shape index (κ3) is 1.79. The lowest BCUT2D eigenvalue weighted by molar-refractivity contribution is -0.138. The number of carbonyl (C=O) groups is 1. The minimum absolute atomic E-state index is 0.103. The minimum atomic E-state index is -0.888. The van der Waals surface area contributed by atoms with Crippen LogP contribution < -0.4 is 5.73 Å². The van der Waals surface area contributed by atoms with Gasteiger partial charge < -0.3 is 10.8 Å². The molecule has 0 spiro atoms. The quantitative estimate of drug-likeness (QED) is 0.851. The summed E-state index contributed by atoms with van der Waals surface area (Å²) in [5, 5.41) is 10.0. The number of rotatable bonds is 3. The molecule has 0 saturated carbocycles. The maximum atomic E-state index is 11.1. The molecule has 0 fully saturated rings. The van der Waals surface area contributed by atoms with E-state index in [9.17, 15) is 4.79 Å². The van der Waals surface area contributed by atoms with Crippen molar-refractivity contribution in [2.24, 2.45) is 5.73 Å². The van der Waals surface area contributed by atoms with E-state index in [4.69, 9.17) is 10.8 Å². The number of hydrogen-bond acceptors (Lipinski definition) is 4. The Labute approximate surface area is 96.7 Å². The van der Waals surface area contributed by atoms with E-state index in [-0.39, 0.29) is 6.54 Å². The zero-order valence-corrected chi connectivity index (χ0v) is 9.62. The predicted molar refractivity (Wildman–Crippen MR) is 63.8 cm³/mol. The maximum Gasteiger partial charge on any atom is 0.312 e. The molecular weight excluding hydrogens is 224 g/mol. The summed E-state index contributed by atoms with van der Waals surface area (Å²) in [6.07, 6.45) is 0. The average molecular weight is 236 g/mol. The van der Waals surface area contributed by atoms with Gasteiger partial charge in [0.25, 0.3) is 0 Å². The molecule has 0 aliphatic rings. The van der Waals surface area contributed by atoms with Crippen molar-refractivity contribution in [3.63, 3.8) is 0 Å². The highest BCUT2D eigenvalue weighted by atomic mass is 32.1. The number of aromatic nitrogens is 1. The van der Waals surface area contributed by atoms with Crippen molar-refractivity contribution >= 4 is 27.5 Å². The van der Waals surface area contributed by atoms with Crippen molar-refractivity contribution < 1.29 is 9.90 Å². The van der Waals surface area contributed by atoms with Crippen LogP contribution in [-0.4, -0.2) is 22.6 Å². The van der Waals surface area contributed by atoms with Gasteiger partial charge in [0.05, 0.1) is 21.1 Å². The number of nitrogens with two attached hydrogens (primary N) is 1. The fourth-order valence-corrected chi connectivity index (χ4v) is 2.70. The molecule has 0 radical (unpaired) electrons. The molecule has 1 atom stereocenters. The Morgan fingerprint density at radius 3 is 3.00 bits per heavy atom. The van der Waals surface area contributed by atoms with E-state index < -0.39 is 11.9 Å². The highest BCUT2D eigenvalue weighted by Crippen LogP contribution is 2.30. The van der Waals surface area contributed by atoms with Crippen LogP contribution in [0.15, 0.2) is 18.2 Å².